The van der Waals surface area contributed by atoms with Gasteiger partial charge in [0.2, 0.25) is 10.0 Å². The first-order chi connectivity index (χ1) is 8.52. The molecule has 2 aliphatic rings. The van der Waals surface area contributed by atoms with Gasteiger partial charge in [0.05, 0.1) is 12.4 Å². The van der Waals surface area contributed by atoms with E-state index in [-0.39, 0.29) is 12.1 Å². The zero-order valence-corrected chi connectivity index (χ0v) is 11.7. The van der Waals surface area contributed by atoms with E-state index in [2.05, 4.69) is 4.90 Å². The highest BCUT2D eigenvalue weighted by atomic mass is 32.2. The van der Waals surface area contributed by atoms with Crippen LogP contribution in [0.5, 0.6) is 0 Å². The molecule has 0 amide bonds. The molecule has 2 fully saturated rings. The van der Waals surface area contributed by atoms with Crippen LogP contribution >= 0.6 is 0 Å². The van der Waals surface area contributed by atoms with Crippen molar-refractivity contribution in [1.82, 2.24) is 9.21 Å². The highest BCUT2D eigenvalue weighted by Gasteiger charge is 2.33. The Morgan fingerprint density at radius 1 is 1.33 bits per heavy atom. The van der Waals surface area contributed by atoms with Crippen LogP contribution in [0.4, 0.5) is 0 Å². The van der Waals surface area contributed by atoms with Crippen LogP contribution < -0.4 is 5.73 Å². The molecule has 18 heavy (non-hydrogen) atoms. The molecule has 2 heterocycles. The van der Waals surface area contributed by atoms with E-state index in [1.165, 1.54) is 10.6 Å². The zero-order chi connectivity index (χ0) is 13.2. The van der Waals surface area contributed by atoms with E-state index in [4.69, 9.17) is 10.5 Å². The molecule has 0 aliphatic carbocycles. The number of hydrogen-bond donors (Lipinski definition) is 1. The van der Waals surface area contributed by atoms with E-state index in [0.29, 0.717) is 19.6 Å². The summed E-state index contributed by atoms with van der Waals surface area (Å²) < 4.78 is 30.1. The lowest BCUT2D eigenvalue weighted by Gasteiger charge is -2.39. The molecule has 6 nitrogen and oxygen atoms in total. The second-order valence-corrected chi connectivity index (χ2v) is 7.03. The van der Waals surface area contributed by atoms with E-state index < -0.39 is 10.0 Å². The lowest BCUT2D eigenvalue weighted by atomic mass is 10.1. The normalized spacial score (nSPS) is 29.6. The fourth-order valence-corrected chi connectivity index (χ4v) is 3.64. The van der Waals surface area contributed by atoms with E-state index in [1.807, 2.05) is 0 Å². The molecule has 0 aromatic heterocycles. The van der Waals surface area contributed by atoms with Crippen molar-refractivity contribution in [2.24, 2.45) is 5.73 Å². The SMILES string of the molecule is CS(=O)(=O)N1CCN(C(CN)C2CCCO2)CC1. The third kappa shape index (κ3) is 3.21. The van der Waals surface area contributed by atoms with Crippen LogP contribution in [0.1, 0.15) is 12.8 Å². The molecular formula is C11H23N3O3S. The van der Waals surface area contributed by atoms with Gasteiger partial charge in [0.1, 0.15) is 0 Å². The Bertz CT molecular complexity index is 360. The largest absolute Gasteiger partial charge is 0.377 e. The van der Waals surface area contributed by atoms with Gasteiger partial charge in [0.25, 0.3) is 0 Å². The molecule has 0 bridgehead atoms. The molecule has 0 spiro atoms. The third-order valence-corrected chi connectivity index (χ3v) is 5.15. The predicted octanol–water partition coefficient (Wildman–Crippen LogP) is -0.930. The van der Waals surface area contributed by atoms with Crippen LogP contribution in [-0.2, 0) is 14.8 Å². The Kier molecular flexibility index (Phi) is 4.60. The average Bonchev–Trinajstić information content (AvgIpc) is 2.83. The molecule has 2 aliphatic heterocycles. The van der Waals surface area contributed by atoms with Crippen LogP contribution in [0.3, 0.4) is 0 Å². The summed E-state index contributed by atoms with van der Waals surface area (Å²) in [6, 6.07) is 0.231. The summed E-state index contributed by atoms with van der Waals surface area (Å²) in [5.74, 6) is 0. The van der Waals surface area contributed by atoms with Gasteiger partial charge < -0.3 is 10.5 Å². The molecule has 7 heteroatoms. The molecular weight excluding hydrogens is 254 g/mol. The van der Waals surface area contributed by atoms with Gasteiger partial charge >= 0.3 is 0 Å². The Morgan fingerprint density at radius 2 is 2.00 bits per heavy atom. The topological polar surface area (TPSA) is 75.9 Å². The minimum Gasteiger partial charge on any atom is -0.377 e. The van der Waals surface area contributed by atoms with Gasteiger partial charge in [-0.2, -0.15) is 4.31 Å². The van der Waals surface area contributed by atoms with Crippen molar-refractivity contribution in [3.05, 3.63) is 0 Å². The van der Waals surface area contributed by atoms with Gasteiger partial charge in [-0.3, -0.25) is 4.90 Å². The van der Waals surface area contributed by atoms with Gasteiger partial charge in [-0.25, -0.2) is 8.42 Å². The lowest BCUT2D eigenvalue weighted by Crippen LogP contribution is -2.56. The van der Waals surface area contributed by atoms with Gasteiger partial charge in [0, 0.05) is 45.4 Å². The molecule has 0 aromatic carbocycles. The fraction of sp³-hybridized carbons (Fsp3) is 1.00. The molecule has 2 rings (SSSR count). The van der Waals surface area contributed by atoms with Crippen molar-refractivity contribution in [2.45, 2.75) is 25.0 Å². The van der Waals surface area contributed by atoms with Crippen LogP contribution in [0.2, 0.25) is 0 Å². The Hall–Kier alpha value is -0.210. The zero-order valence-electron chi connectivity index (χ0n) is 10.9. The van der Waals surface area contributed by atoms with Crippen LogP contribution in [-0.4, -0.2) is 75.4 Å². The minimum absolute atomic E-state index is 0.222. The minimum atomic E-state index is -3.06. The second-order valence-electron chi connectivity index (χ2n) is 5.05. The van der Waals surface area contributed by atoms with Crippen LogP contribution in [0.25, 0.3) is 0 Å². The van der Waals surface area contributed by atoms with E-state index in [9.17, 15) is 8.42 Å². The summed E-state index contributed by atoms with van der Waals surface area (Å²) in [6.07, 6.45) is 3.65. The maximum absolute atomic E-state index is 11.4. The maximum atomic E-state index is 11.4. The van der Waals surface area contributed by atoms with Crippen molar-refractivity contribution < 1.29 is 13.2 Å². The molecule has 0 aromatic rings. The molecule has 2 N–H and O–H groups in total. The number of hydrogen-bond acceptors (Lipinski definition) is 5. The monoisotopic (exact) mass is 277 g/mol. The first-order valence-corrected chi connectivity index (χ1v) is 8.38. The summed E-state index contributed by atoms with van der Waals surface area (Å²) in [4.78, 5) is 2.28. The highest BCUT2D eigenvalue weighted by Crippen LogP contribution is 2.20. The smallest absolute Gasteiger partial charge is 0.211 e. The summed E-state index contributed by atoms with van der Waals surface area (Å²) in [7, 11) is -3.06. The van der Waals surface area contributed by atoms with Crippen molar-refractivity contribution in [1.29, 1.82) is 0 Å². The van der Waals surface area contributed by atoms with Crippen molar-refractivity contribution in [3.63, 3.8) is 0 Å². The predicted molar refractivity (Wildman–Crippen MR) is 69.8 cm³/mol. The fourth-order valence-electron chi connectivity index (χ4n) is 2.81. The molecule has 0 radical (unpaired) electrons. The quantitative estimate of drug-likeness (QED) is 0.718. The third-order valence-electron chi connectivity index (χ3n) is 3.85. The maximum Gasteiger partial charge on any atom is 0.211 e. The molecule has 106 valence electrons. The number of sulfonamides is 1. The molecule has 2 atom stereocenters. The summed E-state index contributed by atoms with van der Waals surface area (Å²) in [5.41, 5.74) is 5.85. The van der Waals surface area contributed by atoms with Gasteiger partial charge in [0.15, 0.2) is 0 Å². The number of rotatable bonds is 4. The lowest BCUT2D eigenvalue weighted by molar-refractivity contribution is 0.0153. The van der Waals surface area contributed by atoms with Crippen molar-refractivity contribution >= 4 is 10.0 Å². The van der Waals surface area contributed by atoms with E-state index in [1.54, 1.807) is 0 Å². The summed E-state index contributed by atoms with van der Waals surface area (Å²) in [6.45, 7) is 4.00. The second kappa shape index (κ2) is 5.83. The number of nitrogens with two attached hydrogens (primary N) is 1. The Labute approximate surface area is 109 Å². The summed E-state index contributed by atoms with van der Waals surface area (Å²) in [5, 5.41) is 0. The van der Waals surface area contributed by atoms with Crippen LogP contribution in [0, 0.1) is 0 Å². The first-order valence-electron chi connectivity index (χ1n) is 6.53. The molecule has 2 unspecified atom stereocenters. The Morgan fingerprint density at radius 3 is 2.44 bits per heavy atom. The van der Waals surface area contributed by atoms with E-state index >= 15 is 0 Å². The standard InChI is InChI=1S/C11H23N3O3S/c1-18(15,16)14-6-4-13(5-7-14)10(9-12)11-3-2-8-17-11/h10-11H,2-9,12H2,1H3. The Balaban J connectivity index is 1.91. The van der Waals surface area contributed by atoms with E-state index in [0.717, 1.165) is 32.5 Å². The average molecular weight is 277 g/mol. The highest BCUT2D eigenvalue weighted by molar-refractivity contribution is 7.88. The number of piperazine rings is 1. The molecule has 0 saturated carbocycles. The summed E-state index contributed by atoms with van der Waals surface area (Å²) >= 11 is 0. The first kappa shape index (κ1) is 14.2. The molecule has 2 saturated heterocycles. The van der Waals surface area contributed by atoms with Gasteiger partial charge in [-0.1, -0.05) is 0 Å². The van der Waals surface area contributed by atoms with Crippen molar-refractivity contribution in [3.8, 4) is 0 Å². The number of nitrogens with zero attached hydrogens (tertiary/aromatic N) is 2. The van der Waals surface area contributed by atoms with Gasteiger partial charge in [-0.05, 0) is 12.8 Å². The van der Waals surface area contributed by atoms with Crippen molar-refractivity contribution in [2.75, 3.05) is 45.6 Å². The van der Waals surface area contributed by atoms with Gasteiger partial charge in [-0.15, -0.1) is 0 Å². The van der Waals surface area contributed by atoms with Crippen LogP contribution in [0.15, 0.2) is 0 Å². The number of ether oxygens (including phenoxy) is 1.